The third-order valence-corrected chi connectivity index (χ3v) is 16.8. The van der Waals surface area contributed by atoms with Crippen LogP contribution < -0.4 is 20.7 Å². The summed E-state index contributed by atoms with van der Waals surface area (Å²) in [6.07, 6.45) is 0. The molecule has 0 aliphatic heterocycles. The smallest absolute Gasteiger partial charge is 0.179 e. The van der Waals surface area contributed by atoms with Gasteiger partial charge in [0.1, 0.15) is 22.3 Å². The summed E-state index contributed by atoms with van der Waals surface area (Å²) in [4.78, 5) is 16.1. The Kier molecular flexibility index (Phi) is 8.11. The number of para-hydroxylation sites is 1. The molecule has 0 bridgehead atoms. The fourth-order valence-corrected chi connectivity index (χ4v) is 14.2. The summed E-state index contributed by atoms with van der Waals surface area (Å²) in [5, 5.41) is 11.4. The first-order chi connectivity index (χ1) is 30.2. The molecule has 12 aromatic rings. The molecular weight excluding hydrogens is 763 g/mol. The number of nitrogens with zero attached hydrogens (tertiary/aromatic N) is 3. The van der Waals surface area contributed by atoms with Crippen LogP contribution in [0.3, 0.4) is 0 Å². The van der Waals surface area contributed by atoms with E-state index in [-0.39, 0.29) is 0 Å². The molecule has 9 aromatic carbocycles. The van der Waals surface area contributed by atoms with Crippen LogP contribution in [0.2, 0.25) is 0 Å². The highest BCUT2D eigenvalue weighted by Gasteiger charge is 2.41. The standard InChI is InChI=1S/C55H35N3O2Si/c1-4-20-39(21-5-1)61(40-22-6-2-7-23-40,41-24-8-3-9-25-41)42-26-14-19-38(33-42)53-56-54(44-28-15-31-48-51(44)43-27-12-13-30-47(43)59-48)58-55(57-53)45-29-16-32-49-52(45)46-34-36-17-10-11-18-37(36)35-50(46)60-49/h1-35H. The van der Waals surface area contributed by atoms with Crippen molar-refractivity contribution in [3.05, 3.63) is 212 Å². The maximum absolute atomic E-state index is 6.55. The van der Waals surface area contributed by atoms with E-state index in [1.807, 2.05) is 42.5 Å². The van der Waals surface area contributed by atoms with E-state index in [0.717, 1.165) is 71.3 Å². The molecule has 3 aromatic heterocycles. The number of rotatable bonds is 7. The highest BCUT2D eigenvalue weighted by molar-refractivity contribution is 7.19. The van der Waals surface area contributed by atoms with Crippen LogP contribution >= 0.6 is 0 Å². The first kappa shape index (κ1) is 35.0. The van der Waals surface area contributed by atoms with Crippen molar-refractivity contribution in [3.8, 4) is 34.2 Å². The van der Waals surface area contributed by atoms with Gasteiger partial charge >= 0.3 is 0 Å². The number of fused-ring (bicyclic) bond motifs is 7. The van der Waals surface area contributed by atoms with Gasteiger partial charge in [-0.1, -0.05) is 182 Å². The Morgan fingerprint density at radius 1 is 0.311 bits per heavy atom. The van der Waals surface area contributed by atoms with Crippen LogP contribution in [-0.4, -0.2) is 23.0 Å². The number of benzene rings is 9. The number of hydrogen-bond acceptors (Lipinski definition) is 5. The van der Waals surface area contributed by atoms with Crippen molar-refractivity contribution in [2.24, 2.45) is 0 Å². The van der Waals surface area contributed by atoms with Crippen LogP contribution in [0, 0.1) is 0 Å². The van der Waals surface area contributed by atoms with Crippen LogP contribution in [0.4, 0.5) is 0 Å². The third-order valence-electron chi connectivity index (χ3n) is 12.1. The van der Waals surface area contributed by atoms with Crippen LogP contribution in [0.1, 0.15) is 0 Å². The molecule has 0 fully saturated rings. The predicted molar refractivity (Wildman–Crippen MR) is 252 cm³/mol. The molecule has 3 heterocycles. The number of hydrogen-bond donors (Lipinski definition) is 0. The van der Waals surface area contributed by atoms with E-state index in [2.05, 4.69) is 170 Å². The summed E-state index contributed by atoms with van der Waals surface area (Å²) in [7, 11) is -2.85. The molecule has 0 amide bonds. The molecule has 0 aliphatic carbocycles. The van der Waals surface area contributed by atoms with E-state index in [1.165, 1.54) is 20.7 Å². The molecule has 6 heteroatoms. The van der Waals surface area contributed by atoms with Gasteiger partial charge in [0.25, 0.3) is 0 Å². The predicted octanol–water partition coefficient (Wildman–Crippen LogP) is 11.2. The number of aromatic nitrogens is 3. The minimum Gasteiger partial charge on any atom is -0.456 e. The monoisotopic (exact) mass is 797 g/mol. The Bertz CT molecular complexity index is 3500. The zero-order valence-electron chi connectivity index (χ0n) is 32.9. The van der Waals surface area contributed by atoms with Crippen molar-refractivity contribution in [2.45, 2.75) is 0 Å². The summed E-state index contributed by atoms with van der Waals surface area (Å²) in [6.45, 7) is 0. The van der Waals surface area contributed by atoms with Crippen molar-refractivity contribution in [1.29, 1.82) is 0 Å². The van der Waals surface area contributed by atoms with Gasteiger partial charge in [-0.2, -0.15) is 0 Å². The Labute approximate surface area is 352 Å². The van der Waals surface area contributed by atoms with E-state index in [4.69, 9.17) is 23.8 Å². The van der Waals surface area contributed by atoms with Crippen molar-refractivity contribution in [1.82, 2.24) is 15.0 Å². The molecule has 0 spiro atoms. The first-order valence-corrected chi connectivity index (χ1v) is 22.5. The lowest BCUT2D eigenvalue weighted by molar-refractivity contribution is 0.669. The SMILES string of the molecule is c1ccc([Si](c2ccccc2)(c2ccccc2)c2cccc(-c3nc(-c4cccc5oc6ccccc6c45)nc(-c4cccc5oc6cc7ccccc7cc6c45)n3)c2)cc1. The zero-order valence-corrected chi connectivity index (χ0v) is 33.9. The molecular formula is C55H35N3O2Si. The molecule has 286 valence electrons. The Hall–Kier alpha value is -7.93. The van der Waals surface area contributed by atoms with E-state index in [0.29, 0.717) is 17.5 Å². The second kappa shape index (κ2) is 14.1. The summed E-state index contributed by atoms with van der Waals surface area (Å²) < 4.78 is 12.9. The van der Waals surface area contributed by atoms with E-state index >= 15 is 0 Å². The van der Waals surface area contributed by atoms with Crippen molar-refractivity contribution >= 4 is 83.5 Å². The normalized spacial score (nSPS) is 11.9. The highest BCUT2D eigenvalue weighted by Crippen LogP contribution is 2.40. The van der Waals surface area contributed by atoms with Crippen LogP contribution in [-0.2, 0) is 0 Å². The Morgan fingerprint density at radius 2 is 0.770 bits per heavy atom. The average molecular weight is 798 g/mol. The fraction of sp³-hybridized carbons (Fsp3) is 0. The molecule has 0 atom stereocenters. The van der Waals surface area contributed by atoms with Gasteiger partial charge in [-0.25, -0.2) is 15.0 Å². The van der Waals surface area contributed by atoms with Gasteiger partial charge in [0.2, 0.25) is 0 Å². The van der Waals surface area contributed by atoms with Crippen molar-refractivity contribution < 1.29 is 8.83 Å². The number of furan rings is 2. The molecule has 61 heavy (non-hydrogen) atoms. The van der Waals surface area contributed by atoms with Crippen molar-refractivity contribution in [3.63, 3.8) is 0 Å². The van der Waals surface area contributed by atoms with Gasteiger partial charge in [-0.15, -0.1) is 0 Å². The molecule has 0 radical (unpaired) electrons. The molecule has 12 rings (SSSR count). The van der Waals surface area contributed by atoms with Gasteiger partial charge in [-0.3, -0.25) is 0 Å². The maximum Gasteiger partial charge on any atom is 0.179 e. The third kappa shape index (κ3) is 5.64. The van der Waals surface area contributed by atoms with Crippen LogP contribution in [0.5, 0.6) is 0 Å². The molecule has 0 unspecified atom stereocenters. The lowest BCUT2D eigenvalue weighted by Crippen LogP contribution is -2.74. The lowest BCUT2D eigenvalue weighted by atomic mass is 10.0. The van der Waals surface area contributed by atoms with Crippen LogP contribution in [0.25, 0.3) is 88.8 Å². The minimum atomic E-state index is -2.85. The largest absolute Gasteiger partial charge is 0.456 e. The van der Waals surface area contributed by atoms with E-state index in [9.17, 15) is 0 Å². The minimum absolute atomic E-state index is 0.564. The van der Waals surface area contributed by atoms with Gasteiger partial charge < -0.3 is 8.83 Å². The van der Waals surface area contributed by atoms with Crippen molar-refractivity contribution in [2.75, 3.05) is 0 Å². The fourth-order valence-electron chi connectivity index (χ4n) is 9.36. The van der Waals surface area contributed by atoms with E-state index in [1.54, 1.807) is 0 Å². The topological polar surface area (TPSA) is 65.0 Å². The van der Waals surface area contributed by atoms with Gasteiger partial charge in [0, 0.05) is 38.2 Å². The summed E-state index contributed by atoms with van der Waals surface area (Å²) >= 11 is 0. The first-order valence-electron chi connectivity index (χ1n) is 20.5. The second-order valence-electron chi connectivity index (χ2n) is 15.5. The Balaban J connectivity index is 1.14. The van der Waals surface area contributed by atoms with Gasteiger partial charge in [0.05, 0.1) is 0 Å². The van der Waals surface area contributed by atoms with Gasteiger partial charge in [-0.05, 0) is 61.9 Å². The molecule has 0 N–H and O–H groups in total. The highest BCUT2D eigenvalue weighted by atomic mass is 28.3. The molecule has 0 saturated heterocycles. The second-order valence-corrected chi connectivity index (χ2v) is 19.3. The zero-order chi connectivity index (χ0) is 40.3. The summed E-state index contributed by atoms with van der Waals surface area (Å²) in [5.41, 5.74) is 5.85. The summed E-state index contributed by atoms with van der Waals surface area (Å²) in [5.74, 6) is 1.71. The molecule has 0 saturated carbocycles. The van der Waals surface area contributed by atoms with Gasteiger partial charge in [0.15, 0.2) is 25.5 Å². The van der Waals surface area contributed by atoms with E-state index < -0.39 is 8.07 Å². The molecule has 5 nitrogen and oxygen atoms in total. The summed E-state index contributed by atoms with van der Waals surface area (Å²) in [6, 6.07) is 74.9. The Morgan fingerprint density at radius 3 is 1.39 bits per heavy atom. The molecule has 0 aliphatic rings. The average Bonchev–Trinajstić information content (AvgIpc) is 3.90. The van der Waals surface area contributed by atoms with Crippen LogP contribution in [0.15, 0.2) is 221 Å². The lowest BCUT2D eigenvalue weighted by Gasteiger charge is -2.34. The maximum atomic E-state index is 6.55. The quantitative estimate of drug-likeness (QED) is 0.119.